The second kappa shape index (κ2) is 7.25. The van der Waals surface area contributed by atoms with Crippen molar-refractivity contribution in [3.63, 3.8) is 0 Å². The number of nitrogens with one attached hydrogen (secondary N) is 1. The van der Waals surface area contributed by atoms with E-state index in [0.717, 1.165) is 0 Å². The van der Waals surface area contributed by atoms with E-state index in [4.69, 9.17) is 0 Å². The number of likely N-dealkylation sites (N-methyl/N-ethyl adjacent to an activating group) is 1. The lowest BCUT2D eigenvalue weighted by Crippen LogP contribution is -2.20. The summed E-state index contributed by atoms with van der Waals surface area (Å²) in [6.45, 7) is 2.16. The minimum absolute atomic E-state index is 0.354. The highest BCUT2D eigenvalue weighted by Gasteiger charge is 2.18. The highest BCUT2D eigenvalue weighted by Crippen LogP contribution is 2.33. The van der Waals surface area contributed by atoms with Gasteiger partial charge in [0.05, 0.1) is 6.04 Å². The van der Waals surface area contributed by atoms with Crippen molar-refractivity contribution in [2.24, 2.45) is 0 Å². The van der Waals surface area contributed by atoms with Crippen LogP contribution in [0.25, 0.3) is 0 Å². The van der Waals surface area contributed by atoms with Crippen molar-refractivity contribution < 1.29 is 0 Å². The molecule has 1 aliphatic rings. The molecule has 2 heteroatoms. The summed E-state index contributed by atoms with van der Waals surface area (Å²) in [6, 6.07) is 6.90. The molecule has 1 nitrogen and oxygen atoms in total. The number of hydrogen-bond acceptors (Lipinski definition) is 1. The average molecular weight is 322 g/mol. The lowest BCUT2D eigenvalue weighted by Gasteiger charge is -2.24. The quantitative estimate of drug-likeness (QED) is 0.745. The van der Waals surface area contributed by atoms with Crippen molar-refractivity contribution in [3.8, 4) is 0 Å². The van der Waals surface area contributed by atoms with Crippen molar-refractivity contribution in [3.05, 3.63) is 45.4 Å². The zero-order chi connectivity index (χ0) is 13.7. The first-order chi connectivity index (χ1) is 9.24. The van der Waals surface area contributed by atoms with Crippen LogP contribution in [0.2, 0.25) is 0 Å². The van der Waals surface area contributed by atoms with Gasteiger partial charge in [0.2, 0.25) is 0 Å². The Labute approximate surface area is 125 Å². The molecule has 0 aliphatic heterocycles. The highest BCUT2D eigenvalue weighted by atomic mass is 79.9. The van der Waals surface area contributed by atoms with Crippen LogP contribution in [0.15, 0.2) is 34.3 Å². The van der Waals surface area contributed by atoms with E-state index in [-0.39, 0.29) is 0 Å². The van der Waals surface area contributed by atoms with Crippen LogP contribution in [0.3, 0.4) is 0 Å². The number of halogens is 1. The van der Waals surface area contributed by atoms with Gasteiger partial charge >= 0.3 is 0 Å². The van der Waals surface area contributed by atoms with Gasteiger partial charge in [-0.25, -0.2) is 0 Å². The molecule has 1 N–H and O–H groups in total. The normalized spacial score (nSPS) is 21.1. The molecular formula is C17H24BrN. The Morgan fingerprint density at radius 2 is 1.95 bits per heavy atom. The third kappa shape index (κ3) is 3.70. The van der Waals surface area contributed by atoms with Crippen LogP contribution in [0.4, 0.5) is 0 Å². The summed E-state index contributed by atoms with van der Waals surface area (Å²) >= 11 is 3.76. The fourth-order valence-corrected chi connectivity index (χ4v) is 3.41. The molecule has 0 spiro atoms. The molecule has 0 saturated heterocycles. The van der Waals surface area contributed by atoms with Crippen LogP contribution in [-0.4, -0.2) is 7.05 Å². The van der Waals surface area contributed by atoms with Gasteiger partial charge in [-0.1, -0.05) is 58.6 Å². The van der Waals surface area contributed by atoms with E-state index in [1.807, 2.05) is 0 Å². The molecule has 1 atom stereocenters. The molecule has 2 rings (SSSR count). The van der Waals surface area contributed by atoms with Gasteiger partial charge in [-0.3, -0.25) is 0 Å². The number of aryl methyl sites for hydroxylation is 1. The van der Waals surface area contributed by atoms with Crippen LogP contribution in [0, 0.1) is 6.92 Å². The molecule has 1 aliphatic carbocycles. The van der Waals surface area contributed by atoms with Gasteiger partial charge in [0, 0.05) is 4.47 Å². The fraction of sp³-hybridized carbons (Fsp3) is 0.529. The van der Waals surface area contributed by atoms with Gasteiger partial charge in [-0.2, -0.15) is 0 Å². The molecule has 1 aromatic carbocycles. The van der Waals surface area contributed by atoms with E-state index in [2.05, 4.69) is 59.5 Å². The van der Waals surface area contributed by atoms with Crippen LogP contribution in [0.1, 0.15) is 55.7 Å². The third-order valence-electron chi connectivity index (χ3n) is 4.02. The maximum Gasteiger partial charge on any atom is 0.0544 e. The minimum atomic E-state index is 0.354. The first-order valence-electron chi connectivity index (χ1n) is 7.35. The van der Waals surface area contributed by atoms with Crippen molar-refractivity contribution in [2.45, 2.75) is 51.5 Å². The highest BCUT2D eigenvalue weighted by molar-refractivity contribution is 9.10. The van der Waals surface area contributed by atoms with Crippen molar-refractivity contribution >= 4 is 15.9 Å². The van der Waals surface area contributed by atoms with Gasteiger partial charge in [0.1, 0.15) is 0 Å². The third-order valence-corrected chi connectivity index (χ3v) is 5.10. The maximum absolute atomic E-state index is 3.76. The van der Waals surface area contributed by atoms with Gasteiger partial charge in [0.25, 0.3) is 0 Å². The second-order valence-electron chi connectivity index (χ2n) is 5.43. The number of allylic oxidation sites excluding steroid dienone is 1. The Bertz CT molecular complexity index is 451. The molecule has 0 aromatic heterocycles. The molecule has 0 fully saturated rings. The Balaban J connectivity index is 2.30. The Morgan fingerprint density at radius 3 is 2.74 bits per heavy atom. The van der Waals surface area contributed by atoms with Crippen LogP contribution in [0.5, 0.6) is 0 Å². The van der Waals surface area contributed by atoms with E-state index >= 15 is 0 Å². The first kappa shape index (κ1) is 14.8. The Kier molecular flexibility index (Phi) is 5.65. The van der Waals surface area contributed by atoms with E-state index in [1.165, 1.54) is 54.1 Å². The van der Waals surface area contributed by atoms with E-state index < -0.39 is 0 Å². The number of rotatable bonds is 3. The molecule has 0 saturated carbocycles. The molecule has 1 unspecified atom stereocenters. The molecule has 0 radical (unpaired) electrons. The molecular weight excluding hydrogens is 298 g/mol. The molecule has 0 amide bonds. The smallest absolute Gasteiger partial charge is 0.0544 e. The molecule has 104 valence electrons. The van der Waals surface area contributed by atoms with Gasteiger partial charge in [-0.05, 0) is 50.8 Å². The van der Waals surface area contributed by atoms with Gasteiger partial charge in [0.15, 0.2) is 0 Å². The zero-order valence-electron chi connectivity index (χ0n) is 12.0. The Hall–Kier alpha value is -0.600. The largest absolute Gasteiger partial charge is 0.310 e. The first-order valence-corrected chi connectivity index (χ1v) is 8.14. The number of benzene rings is 1. The summed E-state index contributed by atoms with van der Waals surface area (Å²) in [4.78, 5) is 0. The predicted molar refractivity (Wildman–Crippen MR) is 86.5 cm³/mol. The molecule has 1 aromatic rings. The summed E-state index contributed by atoms with van der Waals surface area (Å²) in [5, 5.41) is 3.51. The van der Waals surface area contributed by atoms with E-state index in [9.17, 15) is 0 Å². The molecule has 0 heterocycles. The summed E-state index contributed by atoms with van der Waals surface area (Å²) < 4.78 is 1.25. The van der Waals surface area contributed by atoms with Crippen LogP contribution >= 0.6 is 15.9 Å². The summed E-state index contributed by atoms with van der Waals surface area (Å²) in [5.74, 6) is 0. The lowest BCUT2D eigenvalue weighted by atomic mass is 9.90. The lowest BCUT2D eigenvalue weighted by molar-refractivity contribution is 0.573. The second-order valence-corrected chi connectivity index (χ2v) is 6.22. The van der Waals surface area contributed by atoms with Crippen LogP contribution < -0.4 is 5.32 Å². The molecule has 19 heavy (non-hydrogen) atoms. The van der Waals surface area contributed by atoms with Gasteiger partial charge < -0.3 is 5.32 Å². The average Bonchev–Trinajstić information content (AvgIpc) is 2.37. The Morgan fingerprint density at radius 1 is 1.16 bits per heavy atom. The topological polar surface area (TPSA) is 12.0 Å². The minimum Gasteiger partial charge on any atom is -0.310 e. The SMILES string of the molecule is CNC(/C1=C/CCCCCC1)c1cccc(C)c1Br. The van der Waals surface area contributed by atoms with Gasteiger partial charge in [-0.15, -0.1) is 0 Å². The fourth-order valence-electron chi connectivity index (χ4n) is 2.91. The standard InChI is InChI=1S/C17H24BrN/c1-13-9-8-12-15(16(13)18)17(19-2)14-10-6-4-3-5-7-11-14/h8-10,12,17,19H,3-7,11H2,1-2H3/b14-10+. The summed E-state index contributed by atoms with van der Waals surface area (Å²) in [7, 11) is 2.07. The van der Waals surface area contributed by atoms with Crippen LogP contribution in [-0.2, 0) is 0 Å². The van der Waals surface area contributed by atoms with Crippen molar-refractivity contribution in [2.75, 3.05) is 7.05 Å². The van der Waals surface area contributed by atoms with E-state index in [0.29, 0.717) is 6.04 Å². The number of hydrogen-bond donors (Lipinski definition) is 1. The zero-order valence-corrected chi connectivity index (χ0v) is 13.6. The van der Waals surface area contributed by atoms with Crippen molar-refractivity contribution in [1.29, 1.82) is 0 Å². The monoisotopic (exact) mass is 321 g/mol. The summed E-state index contributed by atoms with van der Waals surface area (Å²) in [5.41, 5.74) is 4.24. The van der Waals surface area contributed by atoms with Crippen molar-refractivity contribution in [1.82, 2.24) is 5.32 Å². The predicted octanol–water partition coefficient (Wildman–Crippen LogP) is 5.30. The summed E-state index contributed by atoms with van der Waals surface area (Å²) in [6.07, 6.45) is 10.4. The van der Waals surface area contributed by atoms with E-state index in [1.54, 1.807) is 5.57 Å². The maximum atomic E-state index is 3.76. The molecule has 0 bridgehead atoms.